The predicted octanol–water partition coefficient (Wildman–Crippen LogP) is 0.884. The molecule has 0 aromatic heterocycles. The molecule has 1 fully saturated rings. The molecule has 2 atom stereocenters. The van der Waals surface area contributed by atoms with E-state index in [4.69, 9.17) is 0 Å². The van der Waals surface area contributed by atoms with Crippen LogP contribution in [0.15, 0.2) is 30.3 Å². The van der Waals surface area contributed by atoms with Gasteiger partial charge in [-0.25, -0.2) is 4.31 Å². The van der Waals surface area contributed by atoms with E-state index < -0.39 is 17.3 Å². The second-order valence-electron chi connectivity index (χ2n) is 3.87. The molecule has 1 aliphatic rings. The predicted molar refractivity (Wildman–Crippen MR) is 63.7 cm³/mol. The van der Waals surface area contributed by atoms with Crippen molar-refractivity contribution in [1.29, 1.82) is 0 Å². The van der Waals surface area contributed by atoms with Gasteiger partial charge in [0, 0.05) is 23.5 Å². The number of nitrogens with one attached hydrogen (secondary N) is 1. The average Bonchev–Trinajstić information content (AvgIpc) is 2.79. The molecule has 1 N–H and O–H groups in total. The first-order valence-electron chi connectivity index (χ1n) is 5.40. The first kappa shape index (κ1) is 12.2. The fraction of sp³-hybridized carbons (Fsp3) is 0.364. The summed E-state index contributed by atoms with van der Waals surface area (Å²) in [6.45, 7) is 0.420. The highest BCUT2D eigenvalue weighted by Gasteiger charge is 2.31. The molecule has 1 aromatic rings. The SMILES string of the molecule is O=C(Nc1ccccc1)C1CCCN1S(=O)[O-]. The van der Waals surface area contributed by atoms with E-state index in [2.05, 4.69) is 5.32 Å². The van der Waals surface area contributed by atoms with E-state index in [0.717, 1.165) is 6.42 Å². The van der Waals surface area contributed by atoms with E-state index in [0.29, 0.717) is 18.7 Å². The number of para-hydroxylation sites is 1. The van der Waals surface area contributed by atoms with Crippen LogP contribution >= 0.6 is 0 Å². The van der Waals surface area contributed by atoms with Gasteiger partial charge in [-0.3, -0.25) is 9.00 Å². The van der Waals surface area contributed by atoms with Gasteiger partial charge in [0.15, 0.2) is 0 Å². The maximum absolute atomic E-state index is 11.9. The van der Waals surface area contributed by atoms with Crippen molar-refractivity contribution in [2.24, 2.45) is 0 Å². The number of benzene rings is 1. The van der Waals surface area contributed by atoms with Crippen molar-refractivity contribution in [1.82, 2.24) is 4.31 Å². The largest absolute Gasteiger partial charge is 0.760 e. The van der Waals surface area contributed by atoms with Crippen molar-refractivity contribution >= 4 is 22.9 Å². The molecule has 0 bridgehead atoms. The van der Waals surface area contributed by atoms with Crippen molar-refractivity contribution in [2.45, 2.75) is 18.9 Å². The van der Waals surface area contributed by atoms with Crippen molar-refractivity contribution in [3.05, 3.63) is 30.3 Å². The van der Waals surface area contributed by atoms with Crippen LogP contribution in [-0.2, 0) is 16.1 Å². The molecule has 0 radical (unpaired) electrons. The highest BCUT2D eigenvalue weighted by Crippen LogP contribution is 2.20. The van der Waals surface area contributed by atoms with Gasteiger partial charge in [-0.1, -0.05) is 18.2 Å². The summed E-state index contributed by atoms with van der Waals surface area (Å²) in [5.74, 6) is -0.266. The first-order chi connectivity index (χ1) is 8.18. The lowest BCUT2D eigenvalue weighted by Crippen LogP contribution is -2.40. The topological polar surface area (TPSA) is 72.5 Å². The Morgan fingerprint density at radius 2 is 2.12 bits per heavy atom. The van der Waals surface area contributed by atoms with Gasteiger partial charge in [-0.15, -0.1) is 0 Å². The summed E-state index contributed by atoms with van der Waals surface area (Å²) in [6.07, 6.45) is 1.30. The third-order valence-electron chi connectivity index (χ3n) is 2.74. The summed E-state index contributed by atoms with van der Waals surface area (Å²) in [5, 5.41) is 2.71. The quantitative estimate of drug-likeness (QED) is 0.813. The molecule has 2 unspecified atom stereocenters. The molecular weight excluding hydrogens is 240 g/mol. The summed E-state index contributed by atoms with van der Waals surface area (Å²) >= 11 is -2.33. The van der Waals surface area contributed by atoms with Crippen LogP contribution in [0.25, 0.3) is 0 Å². The van der Waals surface area contributed by atoms with Crippen LogP contribution in [-0.4, -0.2) is 31.6 Å². The van der Waals surface area contributed by atoms with Crippen LogP contribution in [0.2, 0.25) is 0 Å². The molecule has 0 aliphatic carbocycles. The van der Waals surface area contributed by atoms with Crippen molar-refractivity contribution in [2.75, 3.05) is 11.9 Å². The fourth-order valence-corrected chi connectivity index (χ4v) is 2.61. The zero-order valence-corrected chi connectivity index (χ0v) is 9.98. The minimum absolute atomic E-state index is 0.266. The molecule has 5 nitrogen and oxygen atoms in total. The monoisotopic (exact) mass is 253 g/mol. The minimum Gasteiger partial charge on any atom is -0.760 e. The lowest BCUT2D eigenvalue weighted by molar-refractivity contribution is -0.119. The van der Waals surface area contributed by atoms with Gasteiger partial charge in [0.25, 0.3) is 0 Å². The number of anilines is 1. The van der Waals surface area contributed by atoms with Crippen LogP contribution in [0.5, 0.6) is 0 Å². The number of nitrogens with zero attached hydrogens (tertiary/aromatic N) is 1. The molecule has 1 aromatic carbocycles. The molecule has 0 spiro atoms. The molecule has 17 heavy (non-hydrogen) atoms. The Kier molecular flexibility index (Phi) is 3.88. The van der Waals surface area contributed by atoms with E-state index >= 15 is 0 Å². The van der Waals surface area contributed by atoms with Gasteiger partial charge in [0.2, 0.25) is 5.91 Å². The Balaban J connectivity index is 2.03. The molecule has 6 heteroatoms. The van der Waals surface area contributed by atoms with Crippen LogP contribution in [0.3, 0.4) is 0 Å². The number of hydrogen-bond acceptors (Lipinski definition) is 3. The highest BCUT2D eigenvalue weighted by atomic mass is 32.2. The Labute approximate surface area is 102 Å². The van der Waals surface area contributed by atoms with Gasteiger partial charge in [-0.05, 0) is 25.0 Å². The minimum atomic E-state index is -2.33. The second-order valence-corrected chi connectivity index (χ2v) is 4.77. The summed E-state index contributed by atoms with van der Waals surface area (Å²) in [5.41, 5.74) is 0.682. The molecule has 92 valence electrons. The van der Waals surface area contributed by atoms with Crippen molar-refractivity contribution in [3.8, 4) is 0 Å². The summed E-state index contributed by atoms with van der Waals surface area (Å²) < 4.78 is 23.0. The smallest absolute Gasteiger partial charge is 0.242 e. The molecule has 1 heterocycles. The molecule has 1 amide bonds. The maximum atomic E-state index is 11.9. The highest BCUT2D eigenvalue weighted by molar-refractivity contribution is 7.76. The Hall–Kier alpha value is -1.24. The Morgan fingerprint density at radius 3 is 2.76 bits per heavy atom. The van der Waals surface area contributed by atoms with Gasteiger partial charge in [0.1, 0.15) is 6.04 Å². The normalized spacial score (nSPS) is 22.3. The molecule has 2 rings (SSSR count). The zero-order valence-electron chi connectivity index (χ0n) is 9.17. The molecular formula is C11H13N2O3S-. The molecule has 1 aliphatic heterocycles. The van der Waals surface area contributed by atoms with Crippen LogP contribution < -0.4 is 5.32 Å². The standard InChI is InChI=1S/C11H14N2O3S/c14-11(12-9-5-2-1-3-6-9)10-7-4-8-13(10)17(15)16/h1-3,5-6,10H,4,7-8H2,(H,12,14)(H,15,16)/p-1. The van der Waals surface area contributed by atoms with E-state index in [9.17, 15) is 13.6 Å². The summed E-state index contributed by atoms with van der Waals surface area (Å²) in [7, 11) is 0. The Bertz CT molecular complexity index is 424. The van der Waals surface area contributed by atoms with E-state index in [1.165, 1.54) is 4.31 Å². The van der Waals surface area contributed by atoms with Crippen LogP contribution in [0.1, 0.15) is 12.8 Å². The number of carbonyl (C=O) groups is 1. The van der Waals surface area contributed by atoms with Gasteiger partial charge in [0.05, 0.1) is 0 Å². The lowest BCUT2D eigenvalue weighted by atomic mass is 10.2. The summed E-state index contributed by atoms with van der Waals surface area (Å²) in [6, 6.07) is 8.44. The van der Waals surface area contributed by atoms with Gasteiger partial charge < -0.3 is 9.87 Å². The number of rotatable bonds is 3. The molecule has 1 saturated heterocycles. The first-order valence-corrected chi connectivity index (χ1v) is 6.43. The van der Waals surface area contributed by atoms with Crippen molar-refractivity contribution in [3.63, 3.8) is 0 Å². The third kappa shape index (κ3) is 2.91. The number of carbonyl (C=O) groups excluding carboxylic acids is 1. The Morgan fingerprint density at radius 1 is 1.41 bits per heavy atom. The van der Waals surface area contributed by atoms with Gasteiger partial charge >= 0.3 is 0 Å². The third-order valence-corrected chi connectivity index (χ3v) is 3.56. The molecule has 0 saturated carbocycles. The zero-order chi connectivity index (χ0) is 12.3. The number of hydrogen-bond donors (Lipinski definition) is 1. The lowest BCUT2D eigenvalue weighted by Gasteiger charge is -2.24. The number of amides is 1. The van der Waals surface area contributed by atoms with Crippen LogP contribution in [0, 0.1) is 0 Å². The van der Waals surface area contributed by atoms with Gasteiger partial charge in [-0.2, -0.15) is 0 Å². The van der Waals surface area contributed by atoms with E-state index in [1.54, 1.807) is 12.1 Å². The fourth-order valence-electron chi connectivity index (χ4n) is 1.93. The van der Waals surface area contributed by atoms with E-state index in [1.807, 2.05) is 18.2 Å². The van der Waals surface area contributed by atoms with Crippen molar-refractivity contribution < 1.29 is 13.6 Å². The summed E-state index contributed by atoms with van der Waals surface area (Å²) in [4.78, 5) is 11.9. The average molecular weight is 253 g/mol. The maximum Gasteiger partial charge on any atom is 0.242 e. The second kappa shape index (κ2) is 5.39. The van der Waals surface area contributed by atoms with Crippen LogP contribution in [0.4, 0.5) is 5.69 Å². The van der Waals surface area contributed by atoms with E-state index in [-0.39, 0.29) is 5.91 Å².